The number of nitrogens with one attached hydrogen (secondary N) is 2. The number of aryl methyl sites for hydroxylation is 1. The molecule has 2 aromatic heterocycles. The Balaban J connectivity index is 1.51. The predicted octanol–water partition coefficient (Wildman–Crippen LogP) is 1.24. The molecule has 1 fully saturated rings. The van der Waals surface area contributed by atoms with Crippen LogP contribution in [0.15, 0.2) is 18.7 Å². The molecule has 0 aliphatic carbocycles. The average Bonchev–Trinajstić information content (AvgIpc) is 3.09. The maximum Gasteiger partial charge on any atom is 0.222 e. The number of hydrogen-bond acceptors (Lipinski definition) is 6. The molecule has 2 N–H and O–H groups in total. The summed E-state index contributed by atoms with van der Waals surface area (Å²) in [4.78, 5) is 12.5. The Morgan fingerprint density at radius 1 is 1.32 bits per heavy atom. The SMILES string of the molecule is Cc1cnc(NC[C@H]2CC[C@@H](c3ncn[nH]3)O2)nc1. The number of rotatable bonds is 4. The van der Waals surface area contributed by atoms with E-state index >= 15 is 0 Å². The van der Waals surface area contributed by atoms with E-state index in [2.05, 4.69) is 30.5 Å². The summed E-state index contributed by atoms with van der Waals surface area (Å²) in [5, 5.41) is 9.88. The van der Waals surface area contributed by atoms with Gasteiger partial charge in [0.2, 0.25) is 5.95 Å². The molecule has 0 saturated carbocycles. The fourth-order valence-electron chi connectivity index (χ4n) is 2.12. The van der Waals surface area contributed by atoms with Gasteiger partial charge in [-0.05, 0) is 25.3 Å². The molecule has 19 heavy (non-hydrogen) atoms. The summed E-state index contributed by atoms with van der Waals surface area (Å²) in [7, 11) is 0. The highest BCUT2D eigenvalue weighted by molar-refractivity contribution is 5.24. The first-order chi connectivity index (χ1) is 9.31. The summed E-state index contributed by atoms with van der Waals surface area (Å²) in [5.74, 6) is 1.44. The van der Waals surface area contributed by atoms with Gasteiger partial charge >= 0.3 is 0 Å². The monoisotopic (exact) mass is 260 g/mol. The van der Waals surface area contributed by atoms with Gasteiger partial charge in [0.05, 0.1) is 6.10 Å². The van der Waals surface area contributed by atoms with Crippen molar-refractivity contribution in [1.82, 2.24) is 25.1 Å². The van der Waals surface area contributed by atoms with Gasteiger partial charge < -0.3 is 10.1 Å². The molecular weight excluding hydrogens is 244 g/mol. The van der Waals surface area contributed by atoms with Gasteiger partial charge in [0.1, 0.15) is 12.4 Å². The van der Waals surface area contributed by atoms with Crippen molar-refractivity contribution in [3.63, 3.8) is 0 Å². The van der Waals surface area contributed by atoms with Crippen molar-refractivity contribution < 1.29 is 4.74 Å². The third-order valence-corrected chi connectivity index (χ3v) is 3.11. The number of aromatic nitrogens is 5. The minimum absolute atomic E-state index is 0.0215. The van der Waals surface area contributed by atoms with Gasteiger partial charge in [-0.15, -0.1) is 0 Å². The van der Waals surface area contributed by atoms with Gasteiger partial charge in [0.15, 0.2) is 5.82 Å². The number of hydrogen-bond donors (Lipinski definition) is 2. The zero-order valence-corrected chi connectivity index (χ0v) is 10.7. The number of ether oxygens (including phenoxy) is 1. The molecule has 1 aliphatic heterocycles. The van der Waals surface area contributed by atoms with Crippen LogP contribution in [0.25, 0.3) is 0 Å². The number of aromatic amines is 1. The summed E-state index contributed by atoms with van der Waals surface area (Å²) < 4.78 is 5.90. The van der Waals surface area contributed by atoms with Crippen molar-refractivity contribution in [2.24, 2.45) is 0 Å². The Kier molecular flexibility index (Phi) is 3.37. The van der Waals surface area contributed by atoms with Crippen LogP contribution >= 0.6 is 0 Å². The minimum atomic E-state index is 0.0215. The lowest BCUT2D eigenvalue weighted by molar-refractivity contribution is 0.0471. The second-order valence-corrected chi connectivity index (χ2v) is 4.66. The van der Waals surface area contributed by atoms with E-state index in [4.69, 9.17) is 4.74 Å². The molecule has 0 bridgehead atoms. The quantitative estimate of drug-likeness (QED) is 0.859. The summed E-state index contributed by atoms with van der Waals surface area (Å²) in [5.41, 5.74) is 1.05. The highest BCUT2D eigenvalue weighted by atomic mass is 16.5. The zero-order valence-electron chi connectivity index (χ0n) is 10.7. The van der Waals surface area contributed by atoms with Gasteiger partial charge in [0, 0.05) is 18.9 Å². The second kappa shape index (κ2) is 5.31. The Morgan fingerprint density at radius 2 is 2.16 bits per heavy atom. The van der Waals surface area contributed by atoms with E-state index in [1.54, 1.807) is 12.4 Å². The number of nitrogens with zero attached hydrogens (tertiary/aromatic N) is 4. The van der Waals surface area contributed by atoms with E-state index in [0.717, 1.165) is 24.2 Å². The van der Waals surface area contributed by atoms with Crippen LogP contribution in [-0.4, -0.2) is 37.8 Å². The molecule has 3 rings (SSSR count). The van der Waals surface area contributed by atoms with Crippen LogP contribution in [-0.2, 0) is 4.74 Å². The van der Waals surface area contributed by atoms with Gasteiger partial charge in [0.25, 0.3) is 0 Å². The van der Waals surface area contributed by atoms with Crippen LogP contribution in [0, 0.1) is 6.92 Å². The summed E-state index contributed by atoms with van der Waals surface area (Å²) in [6.45, 7) is 2.67. The van der Waals surface area contributed by atoms with E-state index in [1.807, 2.05) is 6.92 Å². The first-order valence-corrected chi connectivity index (χ1v) is 6.34. The van der Waals surface area contributed by atoms with Crippen LogP contribution < -0.4 is 5.32 Å². The molecule has 7 heteroatoms. The third kappa shape index (κ3) is 2.87. The molecule has 1 saturated heterocycles. The van der Waals surface area contributed by atoms with Crippen molar-refractivity contribution in [3.8, 4) is 0 Å². The van der Waals surface area contributed by atoms with Crippen LogP contribution in [0.1, 0.15) is 30.3 Å². The summed E-state index contributed by atoms with van der Waals surface area (Å²) in [6.07, 6.45) is 7.21. The fourth-order valence-corrected chi connectivity index (χ4v) is 2.12. The molecule has 0 spiro atoms. The normalized spacial score (nSPS) is 22.6. The number of anilines is 1. The Morgan fingerprint density at radius 3 is 2.89 bits per heavy atom. The molecule has 100 valence electrons. The van der Waals surface area contributed by atoms with Gasteiger partial charge in [-0.25, -0.2) is 15.0 Å². The third-order valence-electron chi connectivity index (χ3n) is 3.11. The Labute approximate surface area is 110 Å². The van der Waals surface area contributed by atoms with Crippen LogP contribution in [0.2, 0.25) is 0 Å². The van der Waals surface area contributed by atoms with Crippen molar-refractivity contribution in [3.05, 3.63) is 30.1 Å². The van der Waals surface area contributed by atoms with Gasteiger partial charge in [-0.1, -0.05) is 0 Å². The molecule has 0 unspecified atom stereocenters. The maximum absolute atomic E-state index is 5.90. The first kappa shape index (κ1) is 12.0. The highest BCUT2D eigenvalue weighted by Gasteiger charge is 2.28. The summed E-state index contributed by atoms with van der Waals surface area (Å²) >= 11 is 0. The standard InChI is InChI=1S/C12H16N6O/c1-8-4-13-12(14-5-8)15-6-9-2-3-10(19-9)11-16-7-17-18-11/h4-5,7,9-10H,2-3,6H2,1H3,(H,13,14,15)(H,16,17,18)/t9-,10+/m1/s1. The predicted molar refractivity (Wildman–Crippen MR) is 68.5 cm³/mol. The second-order valence-electron chi connectivity index (χ2n) is 4.66. The molecule has 0 amide bonds. The Hall–Kier alpha value is -2.02. The Bertz CT molecular complexity index is 512. The summed E-state index contributed by atoms with van der Waals surface area (Å²) in [6, 6.07) is 0. The van der Waals surface area contributed by atoms with E-state index in [-0.39, 0.29) is 12.2 Å². The molecule has 7 nitrogen and oxygen atoms in total. The topological polar surface area (TPSA) is 88.6 Å². The minimum Gasteiger partial charge on any atom is -0.365 e. The molecule has 3 heterocycles. The lowest BCUT2D eigenvalue weighted by Crippen LogP contribution is -2.20. The molecule has 2 aromatic rings. The van der Waals surface area contributed by atoms with Gasteiger partial charge in [-0.3, -0.25) is 5.10 Å². The van der Waals surface area contributed by atoms with Crippen molar-refractivity contribution in [2.45, 2.75) is 32.0 Å². The van der Waals surface area contributed by atoms with E-state index in [1.165, 1.54) is 6.33 Å². The fraction of sp³-hybridized carbons (Fsp3) is 0.500. The average molecular weight is 260 g/mol. The van der Waals surface area contributed by atoms with Crippen LogP contribution in [0.3, 0.4) is 0 Å². The lowest BCUT2D eigenvalue weighted by Gasteiger charge is -2.12. The molecule has 0 aromatic carbocycles. The smallest absolute Gasteiger partial charge is 0.222 e. The molecule has 1 aliphatic rings. The lowest BCUT2D eigenvalue weighted by atomic mass is 10.2. The first-order valence-electron chi connectivity index (χ1n) is 6.34. The van der Waals surface area contributed by atoms with Crippen molar-refractivity contribution in [2.75, 3.05) is 11.9 Å². The van der Waals surface area contributed by atoms with E-state index in [0.29, 0.717) is 12.5 Å². The molecule has 2 atom stereocenters. The van der Waals surface area contributed by atoms with Crippen molar-refractivity contribution >= 4 is 5.95 Å². The largest absolute Gasteiger partial charge is 0.365 e. The van der Waals surface area contributed by atoms with E-state index < -0.39 is 0 Å². The molecular formula is C12H16N6O. The van der Waals surface area contributed by atoms with Crippen LogP contribution in [0.4, 0.5) is 5.95 Å². The maximum atomic E-state index is 5.90. The highest BCUT2D eigenvalue weighted by Crippen LogP contribution is 2.30. The number of H-pyrrole nitrogens is 1. The van der Waals surface area contributed by atoms with Crippen molar-refractivity contribution in [1.29, 1.82) is 0 Å². The van der Waals surface area contributed by atoms with Crippen LogP contribution in [0.5, 0.6) is 0 Å². The van der Waals surface area contributed by atoms with Gasteiger partial charge in [-0.2, -0.15) is 5.10 Å². The van der Waals surface area contributed by atoms with E-state index in [9.17, 15) is 0 Å². The molecule has 0 radical (unpaired) electrons. The zero-order chi connectivity index (χ0) is 13.1.